The van der Waals surface area contributed by atoms with Crippen LogP contribution in [0.15, 0.2) is 57.8 Å². The Hall–Kier alpha value is -2.46. The molecule has 0 amide bonds. The minimum Gasteiger partial charge on any atom is -0.494 e. The van der Waals surface area contributed by atoms with Crippen molar-refractivity contribution in [2.45, 2.75) is 37.1 Å². The van der Waals surface area contributed by atoms with E-state index in [4.69, 9.17) is 4.74 Å². The number of para-hydroxylation sites is 1. The highest BCUT2D eigenvalue weighted by Crippen LogP contribution is 2.29. The third-order valence-electron chi connectivity index (χ3n) is 5.64. The standard InChI is InChI=1S/C23H30N5O3S/c1-27-21-11-3-4-12-22(21)32(29,30)26-23(27)25-24-13-8-16-31-20-10-7-9-19(17-20)18-28-14-5-2-6-15-28/h3-4,7,9-12,17,24H,2,5-6,8,13-16,18H2,1H3/q+1. The molecule has 1 saturated heterocycles. The average molecular weight is 457 g/mol. The zero-order chi connectivity index (χ0) is 22.4. The molecule has 1 fully saturated rings. The fourth-order valence-corrected chi connectivity index (χ4v) is 5.15. The largest absolute Gasteiger partial charge is 0.494 e. The Kier molecular flexibility index (Phi) is 7.41. The van der Waals surface area contributed by atoms with E-state index in [-0.39, 0.29) is 10.9 Å². The van der Waals surface area contributed by atoms with Gasteiger partial charge in [-0.2, -0.15) is 8.42 Å². The van der Waals surface area contributed by atoms with Gasteiger partial charge in [0.2, 0.25) is 0 Å². The fourth-order valence-electron chi connectivity index (χ4n) is 3.95. The van der Waals surface area contributed by atoms with Gasteiger partial charge < -0.3 is 4.74 Å². The second-order valence-corrected chi connectivity index (χ2v) is 9.67. The van der Waals surface area contributed by atoms with Crippen molar-refractivity contribution in [2.75, 3.05) is 38.2 Å². The number of anilines is 1. The van der Waals surface area contributed by atoms with Crippen molar-refractivity contribution in [3.63, 3.8) is 0 Å². The van der Waals surface area contributed by atoms with Gasteiger partial charge in [-0.25, -0.2) is 0 Å². The molecule has 2 aromatic carbocycles. The molecule has 0 spiro atoms. The normalized spacial score (nSPS) is 18.2. The summed E-state index contributed by atoms with van der Waals surface area (Å²) in [6, 6.07) is 15.0. The highest BCUT2D eigenvalue weighted by Gasteiger charge is 2.36. The summed E-state index contributed by atoms with van der Waals surface area (Å²) < 4.78 is 34.4. The van der Waals surface area contributed by atoms with E-state index in [9.17, 15) is 8.42 Å². The SMILES string of the molecule is CN1C([N+]NCCCOc2cccc(CN3CCCCC3)c2)=NS(=O)(=O)c2ccccc21. The average Bonchev–Trinajstić information content (AvgIpc) is 2.80. The Morgan fingerprint density at radius 3 is 2.75 bits per heavy atom. The van der Waals surface area contributed by atoms with Gasteiger partial charge in [-0.1, -0.05) is 35.1 Å². The third-order valence-corrected chi connectivity index (χ3v) is 6.95. The van der Waals surface area contributed by atoms with E-state index >= 15 is 0 Å². The van der Waals surface area contributed by atoms with Crippen molar-refractivity contribution in [1.82, 2.24) is 15.8 Å². The minimum absolute atomic E-state index is 0.120. The maximum absolute atomic E-state index is 12.3. The number of likely N-dealkylation sites (tertiary alicyclic amines) is 1. The number of guanidine groups is 1. The maximum Gasteiger partial charge on any atom is 0.462 e. The number of nitrogens with zero attached hydrogens (tertiary/aromatic N) is 4. The van der Waals surface area contributed by atoms with Gasteiger partial charge in [0.15, 0.2) is 0 Å². The van der Waals surface area contributed by atoms with Gasteiger partial charge in [0.25, 0.3) is 15.4 Å². The van der Waals surface area contributed by atoms with Crippen LogP contribution in [0.25, 0.3) is 0 Å². The van der Waals surface area contributed by atoms with Crippen molar-refractivity contribution < 1.29 is 13.2 Å². The first kappa shape index (κ1) is 22.7. The first-order chi connectivity index (χ1) is 15.5. The Bertz CT molecular complexity index is 1050. The third kappa shape index (κ3) is 5.66. The monoisotopic (exact) mass is 456 g/mol. The highest BCUT2D eigenvalue weighted by atomic mass is 32.2. The van der Waals surface area contributed by atoms with E-state index in [0.717, 1.165) is 18.7 Å². The number of rotatable bonds is 8. The van der Waals surface area contributed by atoms with E-state index < -0.39 is 10.0 Å². The zero-order valence-corrected chi connectivity index (χ0v) is 19.2. The topological polar surface area (TPSA) is 88.3 Å². The van der Waals surface area contributed by atoms with Crippen LogP contribution in [0.5, 0.6) is 5.75 Å². The molecule has 8 nitrogen and oxygen atoms in total. The van der Waals surface area contributed by atoms with Crippen LogP contribution >= 0.6 is 0 Å². The molecule has 2 radical (unpaired) electrons. The van der Waals surface area contributed by atoms with Gasteiger partial charge in [-0.15, -0.1) is 0 Å². The van der Waals surface area contributed by atoms with E-state index in [1.807, 2.05) is 12.1 Å². The molecule has 2 aliphatic rings. The number of piperidine rings is 1. The predicted molar refractivity (Wildman–Crippen MR) is 125 cm³/mol. The smallest absolute Gasteiger partial charge is 0.462 e. The second-order valence-electron chi connectivity index (χ2n) is 8.10. The molecule has 0 aromatic heterocycles. The zero-order valence-electron chi connectivity index (χ0n) is 18.4. The van der Waals surface area contributed by atoms with Crippen LogP contribution in [-0.2, 0) is 16.6 Å². The molecule has 9 heteroatoms. The summed E-state index contributed by atoms with van der Waals surface area (Å²) in [5, 5.41) is 0. The molecule has 0 bridgehead atoms. The number of hydrogen-bond donors (Lipinski definition) is 1. The summed E-state index contributed by atoms with van der Waals surface area (Å²) in [4.78, 5) is 4.35. The van der Waals surface area contributed by atoms with Crippen LogP contribution in [0.4, 0.5) is 5.69 Å². The van der Waals surface area contributed by atoms with E-state index in [1.54, 1.807) is 36.2 Å². The maximum atomic E-state index is 12.3. The number of fused-ring (bicyclic) bond motifs is 1. The highest BCUT2D eigenvalue weighted by molar-refractivity contribution is 7.90. The van der Waals surface area contributed by atoms with Crippen LogP contribution in [0.1, 0.15) is 31.2 Å². The van der Waals surface area contributed by atoms with E-state index in [2.05, 4.69) is 32.3 Å². The molecule has 0 atom stereocenters. The first-order valence-electron chi connectivity index (χ1n) is 11.1. The first-order valence-corrected chi connectivity index (χ1v) is 12.5. The molecule has 0 unspecified atom stereocenters. The van der Waals surface area contributed by atoms with Gasteiger partial charge in [0, 0.05) is 13.6 Å². The van der Waals surface area contributed by atoms with Crippen molar-refractivity contribution in [1.29, 1.82) is 0 Å². The number of nitrogens with one attached hydrogen (secondary N) is 1. The molecule has 0 aliphatic carbocycles. The lowest BCUT2D eigenvalue weighted by molar-refractivity contribution is 0.220. The van der Waals surface area contributed by atoms with E-state index in [0.29, 0.717) is 18.8 Å². The van der Waals surface area contributed by atoms with Crippen molar-refractivity contribution >= 4 is 21.7 Å². The van der Waals surface area contributed by atoms with Crippen LogP contribution in [0.3, 0.4) is 0 Å². The molecule has 2 heterocycles. The van der Waals surface area contributed by atoms with Crippen molar-refractivity contribution in [2.24, 2.45) is 4.40 Å². The number of ether oxygens (including phenoxy) is 1. The molecule has 32 heavy (non-hydrogen) atoms. The summed E-state index contributed by atoms with van der Waals surface area (Å²) >= 11 is 0. The molecule has 2 aromatic rings. The Morgan fingerprint density at radius 1 is 1.09 bits per heavy atom. The van der Waals surface area contributed by atoms with Gasteiger partial charge in [-0.3, -0.25) is 9.80 Å². The van der Waals surface area contributed by atoms with Crippen LogP contribution < -0.4 is 20.5 Å². The molecule has 4 rings (SSSR count). The molecule has 2 aliphatic heterocycles. The lowest BCUT2D eigenvalue weighted by Crippen LogP contribution is -2.44. The van der Waals surface area contributed by atoms with E-state index in [1.165, 1.54) is 37.9 Å². The molecule has 1 N–H and O–H groups in total. The van der Waals surface area contributed by atoms with Gasteiger partial charge in [0.1, 0.15) is 10.6 Å². The Balaban J connectivity index is 1.20. The van der Waals surface area contributed by atoms with Gasteiger partial charge >= 0.3 is 5.96 Å². The number of hydrogen-bond acceptors (Lipinski definition) is 6. The van der Waals surface area contributed by atoms with Crippen LogP contribution in [-0.4, -0.2) is 52.6 Å². The minimum atomic E-state index is -3.74. The quantitative estimate of drug-likeness (QED) is 0.485. The predicted octanol–water partition coefficient (Wildman–Crippen LogP) is 2.75. The lowest BCUT2D eigenvalue weighted by atomic mass is 10.1. The Morgan fingerprint density at radius 2 is 1.91 bits per heavy atom. The molecule has 0 saturated carbocycles. The van der Waals surface area contributed by atoms with Crippen LogP contribution in [0, 0.1) is 0 Å². The summed E-state index contributed by atoms with van der Waals surface area (Å²) in [6.07, 6.45) is 4.64. The van der Waals surface area contributed by atoms with Crippen LogP contribution in [0.2, 0.25) is 0 Å². The summed E-state index contributed by atoms with van der Waals surface area (Å²) in [5.74, 6) is 0.991. The number of sulfonamides is 1. The lowest BCUT2D eigenvalue weighted by Gasteiger charge is -2.26. The Labute approximate surface area is 190 Å². The summed E-state index contributed by atoms with van der Waals surface area (Å²) in [6.45, 7) is 4.40. The van der Waals surface area contributed by atoms with Gasteiger partial charge in [-0.05, 0) is 67.6 Å². The van der Waals surface area contributed by atoms with Gasteiger partial charge in [0.05, 0.1) is 18.8 Å². The molecular formula is C23H30N5O3S+. The molecular weight excluding hydrogens is 426 g/mol. The van der Waals surface area contributed by atoms with Crippen molar-refractivity contribution in [3.8, 4) is 5.75 Å². The summed E-state index contributed by atoms with van der Waals surface area (Å²) in [7, 11) is -1.99. The van der Waals surface area contributed by atoms with Crippen molar-refractivity contribution in [3.05, 3.63) is 54.1 Å². The number of benzene rings is 2. The molecule has 170 valence electrons. The fraction of sp³-hybridized carbons (Fsp3) is 0.435. The second kappa shape index (κ2) is 10.4. The summed E-state index contributed by atoms with van der Waals surface area (Å²) in [5.41, 5.74) is 8.92.